The number of carbonyl (C=O) groups is 2. The lowest BCUT2D eigenvalue weighted by molar-refractivity contribution is -0.144. The van der Waals surface area contributed by atoms with E-state index in [1.807, 2.05) is 4.90 Å². The molecule has 29 heavy (non-hydrogen) atoms. The first-order valence-corrected chi connectivity index (χ1v) is 9.25. The van der Waals surface area contributed by atoms with Crippen LogP contribution >= 0.6 is 0 Å². The second kappa shape index (κ2) is 8.65. The number of benzene rings is 2. The van der Waals surface area contributed by atoms with Crippen molar-refractivity contribution in [2.45, 2.75) is 19.0 Å². The number of nitrogens with one attached hydrogen (secondary N) is 1. The average Bonchev–Trinajstić information content (AvgIpc) is 2.68. The second-order valence-electron chi connectivity index (χ2n) is 7.12. The summed E-state index contributed by atoms with van der Waals surface area (Å²) in [7, 11) is 0. The SMILES string of the molecule is O=C(CN1CCCC(C(=O)O)C1)Nc1ccc(-c2cccc(C(F)(F)F)c2)cc1. The number of rotatable bonds is 5. The third-order valence-electron chi connectivity index (χ3n) is 4.91. The highest BCUT2D eigenvalue weighted by Gasteiger charge is 2.30. The number of amides is 1. The number of hydrogen-bond donors (Lipinski definition) is 2. The smallest absolute Gasteiger partial charge is 0.416 e. The third kappa shape index (κ3) is 5.57. The van der Waals surface area contributed by atoms with Crippen molar-refractivity contribution in [3.05, 3.63) is 54.1 Å². The van der Waals surface area contributed by atoms with Gasteiger partial charge in [-0.05, 0) is 54.8 Å². The summed E-state index contributed by atoms with van der Waals surface area (Å²) in [6.07, 6.45) is -3.06. The molecule has 0 radical (unpaired) electrons. The number of hydrogen-bond acceptors (Lipinski definition) is 3. The molecule has 0 bridgehead atoms. The van der Waals surface area contributed by atoms with Crippen molar-refractivity contribution >= 4 is 17.6 Å². The van der Waals surface area contributed by atoms with E-state index in [2.05, 4.69) is 5.32 Å². The summed E-state index contributed by atoms with van der Waals surface area (Å²) in [4.78, 5) is 25.2. The molecule has 5 nitrogen and oxygen atoms in total. The highest BCUT2D eigenvalue weighted by atomic mass is 19.4. The molecule has 3 rings (SSSR count). The van der Waals surface area contributed by atoms with Gasteiger partial charge in [-0.2, -0.15) is 13.2 Å². The maximum absolute atomic E-state index is 12.9. The molecule has 1 amide bonds. The highest BCUT2D eigenvalue weighted by molar-refractivity contribution is 5.92. The molecule has 0 aliphatic carbocycles. The molecule has 1 atom stereocenters. The number of carboxylic acid groups (broad SMARTS) is 1. The van der Waals surface area contributed by atoms with E-state index in [0.717, 1.165) is 18.6 Å². The van der Waals surface area contributed by atoms with Crippen LogP contribution in [0.3, 0.4) is 0 Å². The Labute approximate surface area is 166 Å². The van der Waals surface area contributed by atoms with Crippen LogP contribution in [0.1, 0.15) is 18.4 Å². The zero-order valence-electron chi connectivity index (χ0n) is 15.6. The van der Waals surface area contributed by atoms with E-state index in [9.17, 15) is 22.8 Å². The van der Waals surface area contributed by atoms with Crippen molar-refractivity contribution in [1.82, 2.24) is 4.90 Å². The van der Waals surface area contributed by atoms with Gasteiger partial charge in [0.1, 0.15) is 0 Å². The Morgan fingerprint density at radius 3 is 2.48 bits per heavy atom. The summed E-state index contributed by atoms with van der Waals surface area (Å²) < 4.78 is 38.6. The van der Waals surface area contributed by atoms with Crippen LogP contribution in [0, 0.1) is 5.92 Å². The van der Waals surface area contributed by atoms with Crippen molar-refractivity contribution < 1.29 is 27.9 Å². The molecular weight excluding hydrogens is 385 g/mol. The summed E-state index contributed by atoms with van der Waals surface area (Å²) in [5, 5.41) is 11.9. The molecule has 154 valence electrons. The molecule has 1 aliphatic rings. The van der Waals surface area contributed by atoms with Gasteiger partial charge in [-0.15, -0.1) is 0 Å². The molecule has 1 saturated heterocycles. The minimum absolute atomic E-state index is 0.0964. The van der Waals surface area contributed by atoms with Gasteiger partial charge < -0.3 is 10.4 Å². The van der Waals surface area contributed by atoms with Crippen LogP contribution in [0.2, 0.25) is 0 Å². The van der Waals surface area contributed by atoms with Gasteiger partial charge in [0.25, 0.3) is 0 Å². The number of piperidine rings is 1. The Balaban J connectivity index is 1.61. The van der Waals surface area contributed by atoms with Crippen LogP contribution in [0.4, 0.5) is 18.9 Å². The summed E-state index contributed by atoms with van der Waals surface area (Å²) in [5.41, 5.74) is 0.853. The minimum atomic E-state index is -4.40. The quantitative estimate of drug-likeness (QED) is 0.784. The normalized spacial score (nSPS) is 17.7. The molecule has 0 spiro atoms. The number of halogens is 3. The number of alkyl halides is 3. The third-order valence-corrected chi connectivity index (χ3v) is 4.91. The summed E-state index contributed by atoms with van der Waals surface area (Å²) >= 11 is 0. The predicted octanol–water partition coefficient (Wildman–Crippen LogP) is 4.11. The summed E-state index contributed by atoms with van der Waals surface area (Å²) in [5.74, 6) is -1.56. The molecular formula is C21H21F3N2O3. The van der Waals surface area contributed by atoms with E-state index in [-0.39, 0.29) is 12.5 Å². The first kappa shape index (κ1) is 20.9. The molecule has 2 aromatic rings. The van der Waals surface area contributed by atoms with E-state index in [1.54, 1.807) is 30.3 Å². The second-order valence-corrected chi connectivity index (χ2v) is 7.12. The number of likely N-dealkylation sites (tertiary alicyclic amines) is 1. The Morgan fingerprint density at radius 2 is 1.83 bits per heavy atom. The zero-order valence-corrected chi connectivity index (χ0v) is 15.6. The van der Waals surface area contributed by atoms with Crippen LogP contribution in [-0.4, -0.2) is 41.5 Å². The summed E-state index contributed by atoms with van der Waals surface area (Å²) in [6.45, 7) is 1.11. The standard InChI is InChI=1S/C21H21F3N2O3/c22-21(23,24)17-5-1-3-15(11-17)14-6-8-18(9-7-14)25-19(27)13-26-10-2-4-16(12-26)20(28)29/h1,3,5-9,11,16H,2,4,10,12-13H2,(H,25,27)(H,28,29). The van der Waals surface area contributed by atoms with Crippen LogP contribution < -0.4 is 5.32 Å². The lowest BCUT2D eigenvalue weighted by atomic mass is 9.98. The van der Waals surface area contributed by atoms with Crippen LogP contribution in [0.5, 0.6) is 0 Å². The van der Waals surface area contributed by atoms with E-state index in [0.29, 0.717) is 36.3 Å². The molecule has 1 unspecified atom stereocenters. The largest absolute Gasteiger partial charge is 0.481 e. The van der Waals surface area contributed by atoms with Crippen molar-refractivity contribution in [3.63, 3.8) is 0 Å². The van der Waals surface area contributed by atoms with Gasteiger partial charge in [0, 0.05) is 12.2 Å². The predicted molar refractivity (Wildman–Crippen MR) is 102 cm³/mol. The van der Waals surface area contributed by atoms with Gasteiger partial charge >= 0.3 is 12.1 Å². The Bertz CT molecular complexity index is 881. The monoisotopic (exact) mass is 406 g/mol. The number of carbonyl (C=O) groups excluding carboxylic acids is 1. The van der Waals surface area contributed by atoms with Gasteiger partial charge in [0.05, 0.1) is 18.0 Å². The fourth-order valence-electron chi connectivity index (χ4n) is 3.43. The average molecular weight is 406 g/mol. The molecule has 0 saturated carbocycles. The first-order chi connectivity index (χ1) is 13.7. The van der Waals surface area contributed by atoms with E-state index in [1.165, 1.54) is 6.07 Å². The molecule has 1 aliphatic heterocycles. The van der Waals surface area contributed by atoms with Crippen LogP contribution in [0.15, 0.2) is 48.5 Å². The molecule has 1 fully saturated rings. The number of anilines is 1. The first-order valence-electron chi connectivity index (χ1n) is 9.25. The lowest BCUT2D eigenvalue weighted by Gasteiger charge is -2.29. The lowest BCUT2D eigenvalue weighted by Crippen LogP contribution is -2.42. The van der Waals surface area contributed by atoms with Gasteiger partial charge in [0.15, 0.2) is 0 Å². The van der Waals surface area contributed by atoms with Crippen molar-refractivity contribution in [1.29, 1.82) is 0 Å². The Morgan fingerprint density at radius 1 is 1.10 bits per heavy atom. The zero-order chi connectivity index (χ0) is 21.0. The maximum atomic E-state index is 12.9. The van der Waals surface area contributed by atoms with Crippen LogP contribution in [-0.2, 0) is 15.8 Å². The topological polar surface area (TPSA) is 69.6 Å². The van der Waals surface area contributed by atoms with Crippen molar-refractivity contribution in [3.8, 4) is 11.1 Å². The van der Waals surface area contributed by atoms with E-state index in [4.69, 9.17) is 5.11 Å². The number of aliphatic carboxylic acids is 1. The highest BCUT2D eigenvalue weighted by Crippen LogP contribution is 2.32. The maximum Gasteiger partial charge on any atom is 0.416 e. The van der Waals surface area contributed by atoms with Crippen molar-refractivity contribution in [2.75, 3.05) is 25.0 Å². The minimum Gasteiger partial charge on any atom is -0.481 e. The molecule has 2 N–H and O–H groups in total. The van der Waals surface area contributed by atoms with Gasteiger partial charge in [-0.3, -0.25) is 14.5 Å². The molecule has 1 heterocycles. The van der Waals surface area contributed by atoms with Gasteiger partial charge in [-0.1, -0.05) is 24.3 Å². The van der Waals surface area contributed by atoms with Crippen LogP contribution in [0.25, 0.3) is 11.1 Å². The molecule has 8 heteroatoms. The van der Waals surface area contributed by atoms with E-state index < -0.39 is 23.6 Å². The van der Waals surface area contributed by atoms with Gasteiger partial charge in [0.2, 0.25) is 5.91 Å². The fraction of sp³-hybridized carbons (Fsp3) is 0.333. The molecule has 2 aromatic carbocycles. The number of nitrogens with zero attached hydrogens (tertiary/aromatic N) is 1. The summed E-state index contributed by atoms with van der Waals surface area (Å²) in [6, 6.07) is 11.6. The Kier molecular flexibility index (Phi) is 6.22. The van der Waals surface area contributed by atoms with E-state index >= 15 is 0 Å². The Hall–Kier alpha value is -2.87. The molecule has 0 aromatic heterocycles. The number of carboxylic acids is 1. The van der Waals surface area contributed by atoms with Gasteiger partial charge in [-0.25, -0.2) is 0 Å². The fourth-order valence-corrected chi connectivity index (χ4v) is 3.43. The van der Waals surface area contributed by atoms with Crippen molar-refractivity contribution in [2.24, 2.45) is 5.92 Å².